The number of ether oxygens (including phenoxy) is 1. The molecule has 0 fully saturated rings. The number of benzene rings is 2. The number of amides is 1. The Kier molecular flexibility index (Phi) is 5.32. The molecule has 1 N–H and O–H groups in total. The summed E-state index contributed by atoms with van der Waals surface area (Å²) in [6.07, 6.45) is 2.01. The molecule has 3 nitrogen and oxygen atoms in total. The highest BCUT2D eigenvalue weighted by atomic mass is 19.1. The number of hydrogen-bond donors (Lipinski definition) is 1. The van der Waals surface area contributed by atoms with Gasteiger partial charge in [0.15, 0.2) is 0 Å². The molecule has 2 aromatic rings. The number of nitrogens with one attached hydrogen (secondary N) is 1. The van der Waals surface area contributed by atoms with E-state index in [-0.39, 0.29) is 11.6 Å². The second-order valence-corrected chi connectivity index (χ2v) is 4.66. The highest BCUT2D eigenvalue weighted by Gasteiger charge is 2.09. The van der Waals surface area contributed by atoms with Gasteiger partial charge in [0.25, 0.3) is 5.91 Å². The van der Waals surface area contributed by atoms with Crippen molar-refractivity contribution in [2.45, 2.75) is 19.8 Å². The van der Waals surface area contributed by atoms with E-state index in [1.54, 1.807) is 36.4 Å². The van der Waals surface area contributed by atoms with E-state index in [1.807, 2.05) is 0 Å². The van der Waals surface area contributed by atoms with E-state index in [1.165, 1.54) is 12.1 Å². The highest BCUT2D eigenvalue weighted by Crippen LogP contribution is 2.17. The Bertz CT molecular complexity index is 613. The van der Waals surface area contributed by atoms with Gasteiger partial charge in [0.1, 0.15) is 11.6 Å². The Morgan fingerprint density at radius 2 is 2.00 bits per heavy atom. The third-order valence-corrected chi connectivity index (χ3v) is 2.98. The molecule has 0 aliphatic rings. The van der Waals surface area contributed by atoms with E-state index < -0.39 is 5.82 Å². The average molecular weight is 287 g/mol. The van der Waals surface area contributed by atoms with Crippen molar-refractivity contribution in [3.8, 4) is 5.75 Å². The molecule has 2 rings (SSSR count). The van der Waals surface area contributed by atoms with Crippen molar-refractivity contribution in [1.82, 2.24) is 0 Å². The predicted octanol–water partition coefficient (Wildman–Crippen LogP) is 4.26. The average Bonchev–Trinajstić information content (AvgIpc) is 2.50. The van der Waals surface area contributed by atoms with Gasteiger partial charge < -0.3 is 10.1 Å². The monoisotopic (exact) mass is 287 g/mol. The molecule has 2 aromatic carbocycles. The number of hydrogen-bond acceptors (Lipinski definition) is 2. The highest BCUT2D eigenvalue weighted by molar-refractivity contribution is 6.04. The summed E-state index contributed by atoms with van der Waals surface area (Å²) < 4.78 is 19.1. The summed E-state index contributed by atoms with van der Waals surface area (Å²) in [5, 5.41) is 2.55. The second kappa shape index (κ2) is 7.43. The van der Waals surface area contributed by atoms with E-state index >= 15 is 0 Å². The quantitative estimate of drug-likeness (QED) is 0.806. The SMILES string of the molecule is CCCCOc1cccc(C(=O)Nc2ccccc2F)c1. The lowest BCUT2D eigenvalue weighted by atomic mass is 10.2. The minimum Gasteiger partial charge on any atom is -0.494 e. The largest absolute Gasteiger partial charge is 0.494 e. The van der Waals surface area contributed by atoms with Crippen molar-refractivity contribution in [2.24, 2.45) is 0 Å². The Morgan fingerprint density at radius 3 is 2.76 bits per heavy atom. The van der Waals surface area contributed by atoms with E-state index in [0.717, 1.165) is 12.8 Å². The topological polar surface area (TPSA) is 38.3 Å². The van der Waals surface area contributed by atoms with Gasteiger partial charge in [-0.05, 0) is 36.8 Å². The van der Waals surface area contributed by atoms with Crippen LogP contribution in [0.3, 0.4) is 0 Å². The molecule has 0 radical (unpaired) electrons. The fourth-order valence-electron chi connectivity index (χ4n) is 1.82. The first-order chi connectivity index (χ1) is 10.2. The molecule has 0 heterocycles. The molecule has 4 heteroatoms. The molecule has 0 saturated carbocycles. The first kappa shape index (κ1) is 15.0. The molecular formula is C17H18FNO2. The van der Waals surface area contributed by atoms with Gasteiger partial charge in [-0.3, -0.25) is 4.79 Å². The molecule has 110 valence electrons. The molecule has 0 aromatic heterocycles. The van der Waals surface area contributed by atoms with E-state index in [9.17, 15) is 9.18 Å². The lowest BCUT2D eigenvalue weighted by molar-refractivity contribution is 0.102. The van der Waals surface area contributed by atoms with Gasteiger partial charge in [0.05, 0.1) is 12.3 Å². The Hall–Kier alpha value is -2.36. The van der Waals surface area contributed by atoms with Crippen LogP contribution in [0, 0.1) is 5.82 Å². The van der Waals surface area contributed by atoms with E-state index in [4.69, 9.17) is 4.74 Å². The van der Waals surface area contributed by atoms with Crippen LogP contribution < -0.4 is 10.1 Å². The molecular weight excluding hydrogens is 269 g/mol. The summed E-state index contributed by atoms with van der Waals surface area (Å²) in [4.78, 5) is 12.1. The molecule has 21 heavy (non-hydrogen) atoms. The summed E-state index contributed by atoms with van der Waals surface area (Å²) in [6, 6.07) is 13.0. The van der Waals surface area contributed by atoms with Gasteiger partial charge in [-0.15, -0.1) is 0 Å². The number of carbonyl (C=O) groups is 1. The summed E-state index contributed by atoms with van der Waals surface area (Å²) in [5.41, 5.74) is 0.604. The fourth-order valence-corrected chi connectivity index (χ4v) is 1.82. The van der Waals surface area contributed by atoms with Gasteiger partial charge in [0.2, 0.25) is 0 Å². The lowest BCUT2D eigenvalue weighted by Crippen LogP contribution is -2.13. The maximum atomic E-state index is 13.5. The summed E-state index contributed by atoms with van der Waals surface area (Å²) in [6.45, 7) is 2.70. The number of carbonyl (C=O) groups excluding carboxylic acids is 1. The second-order valence-electron chi connectivity index (χ2n) is 4.66. The molecule has 0 aliphatic carbocycles. The van der Waals surface area contributed by atoms with Crippen LogP contribution in [-0.2, 0) is 0 Å². The van der Waals surface area contributed by atoms with Gasteiger partial charge >= 0.3 is 0 Å². The number of para-hydroxylation sites is 1. The van der Waals surface area contributed by atoms with Crippen molar-refractivity contribution < 1.29 is 13.9 Å². The van der Waals surface area contributed by atoms with Crippen molar-refractivity contribution in [2.75, 3.05) is 11.9 Å². The standard InChI is InChI=1S/C17H18FNO2/c1-2-3-11-21-14-8-6-7-13(12-14)17(20)19-16-10-5-4-9-15(16)18/h4-10,12H,2-3,11H2,1H3,(H,19,20). The first-order valence-corrected chi connectivity index (χ1v) is 6.99. The van der Waals surface area contributed by atoms with Gasteiger partial charge in [-0.25, -0.2) is 4.39 Å². The number of halogens is 1. The minimum atomic E-state index is -0.457. The summed E-state index contributed by atoms with van der Waals surface area (Å²) in [5.74, 6) is -0.174. The normalized spacial score (nSPS) is 10.2. The van der Waals surface area contributed by atoms with Crippen molar-refractivity contribution in [3.63, 3.8) is 0 Å². The smallest absolute Gasteiger partial charge is 0.255 e. The molecule has 0 atom stereocenters. The zero-order chi connectivity index (χ0) is 15.1. The fraction of sp³-hybridized carbons (Fsp3) is 0.235. The molecule has 0 spiro atoms. The van der Waals surface area contributed by atoms with E-state index in [2.05, 4.69) is 12.2 Å². The third-order valence-electron chi connectivity index (χ3n) is 2.98. The molecule has 0 aliphatic heterocycles. The number of anilines is 1. The lowest BCUT2D eigenvalue weighted by Gasteiger charge is -2.09. The Morgan fingerprint density at radius 1 is 1.19 bits per heavy atom. The zero-order valence-electron chi connectivity index (χ0n) is 11.9. The first-order valence-electron chi connectivity index (χ1n) is 6.99. The predicted molar refractivity (Wildman–Crippen MR) is 81.2 cm³/mol. The van der Waals surface area contributed by atoms with Crippen molar-refractivity contribution >= 4 is 11.6 Å². The van der Waals surface area contributed by atoms with Crippen LogP contribution in [0.1, 0.15) is 30.1 Å². The van der Waals surface area contributed by atoms with Crippen LogP contribution in [0.4, 0.5) is 10.1 Å². The molecule has 1 amide bonds. The number of rotatable bonds is 6. The van der Waals surface area contributed by atoms with Crippen LogP contribution in [0.2, 0.25) is 0 Å². The van der Waals surface area contributed by atoms with Gasteiger partial charge in [-0.1, -0.05) is 31.5 Å². The van der Waals surface area contributed by atoms with E-state index in [0.29, 0.717) is 17.9 Å². The van der Waals surface area contributed by atoms with Gasteiger partial charge in [-0.2, -0.15) is 0 Å². The van der Waals surface area contributed by atoms with Crippen molar-refractivity contribution in [1.29, 1.82) is 0 Å². The Balaban J connectivity index is 2.05. The van der Waals surface area contributed by atoms with Crippen LogP contribution in [0.25, 0.3) is 0 Å². The summed E-state index contributed by atoms with van der Waals surface area (Å²) in [7, 11) is 0. The van der Waals surface area contributed by atoms with Crippen LogP contribution in [0.15, 0.2) is 48.5 Å². The summed E-state index contributed by atoms with van der Waals surface area (Å²) >= 11 is 0. The zero-order valence-corrected chi connectivity index (χ0v) is 11.9. The molecule has 0 unspecified atom stereocenters. The van der Waals surface area contributed by atoms with Crippen LogP contribution >= 0.6 is 0 Å². The maximum absolute atomic E-state index is 13.5. The minimum absolute atomic E-state index is 0.166. The maximum Gasteiger partial charge on any atom is 0.255 e. The van der Waals surface area contributed by atoms with Crippen molar-refractivity contribution in [3.05, 3.63) is 59.9 Å². The van der Waals surface area contributed by atoms with Gasteiger partial charge in [0, 0.05) is 5.56 Å². The number of unbranched alkanes of at least 4 members (excludes halogenated alkanes) is 1. The molecule has 0 saturated heterocycles. The van der Waals surface area contributed by atoms with Crippen LogP contribution in [-0.4, -0.2) is 12.5 Å². The van der Waals surface area contributed by atoms with Crippen LogP contribution in [0.5, 0.6) is 5.75 Å². The third kappa shape index (κ3) is 4.31. The Labute approximate surface area is 123 Å². The molecule has 0 bridgehead atoms.